The van der Waals surface area contributed by atoms with Gasteiger partial charge in [0.05, 0.1) is 17.5 Å². The molecule has 0 aliphatic heterocycles. The molecule has 0 amide bonds. The van der Waals surface area contributed by atoms with Gasteiger partial charge in [0, 0.05) is 0 Å². The summed E-state index contributed by atoms with van der Waals surface area (Å²) in [5.41, 5.74) is 7.11. The monoisotopic (exact) mass is 360 g/mol. The van der Waals surface area contributed by atoms with Crippen LogP contribution in [0.2, 0.25) is 0 Å². The Morgan fingerprint density at radius 2 is 1.67 bits per heavy atom. The van der Waals surface area contributed by atoms with E-state index in [4.69, 9.17) is 9.84 Å². The van der Waals surface area contributed by atoms with Crippen LogP contribution in [0.5, 0.6) is 5.75 Å². The lowest BCUT2D eigenvalue weighted by atomic mass is 10.2. The summed E-state index contributed by atoms with van der Waals surface area (Å²) >= 11 is 0. The van der Waals surface area contributed by atoms with Crippen LogP contribution in [0.15, 0.2) is 77.9 Å². The van der Waals surface area contributed by atoms with E-state index >= 15 is 0 Å². The molecule has 136 valence electrons. The Bertz CT molecular complexity index is 915. The molecule has 3 aromatic rings. The molecular formula is C22H20N2O3. The van der Waals surface area contributed by atoms with Crippen molar-refractivity contribution in [2.24, 2.45) is 5.10 Å². The third-order valence-corrected chi connectivity index (χ3v) is 3.95. The lowest BCUT2D eigenvalue weighted by Gasteiger charge is -2.07. The number of nitrogens with zero attached hydrogens (tertiary/aromatic N) is 1. The third-order valence-electron chi connectivity index (χ3n) is 3.95. The highest BCUT2D eigenvalue weighted by molar-refractivity contribution is 5.88. The summed E-state index contributed by atoms with van der Waals surface area (Å²) in [6.45, 7) is 2.59. The summed E-state index contributed by atoms with van der Waals surface area (Å²) in [6, 6.07) is 22.3. The zero-order chi connectivity index (χ0) is 19.1. The fourth-order valence-corrected chi connectivity index (χ4v) is 2.37. The van der Waals surface area contributed by atoms with Gasteiger partial charge in [0.2, 0.25) is 0 Å². The van der Waals surface area contributed by atoms with Crippen molar-refractivity contribution in [2.75, 3.05) is 5.43 Å². The van der Waals surface area contributed by atoms with Gasteiger partial charge in [-0.25, -0.2) is 4.79 Å². The molecule has 0 bridgehead atoms. The minimum absolute atomic E-state index is 0.241. The number of carbonyl (C=O) groups is 1. The molecule has 27 heavy (non-hydrogen) atoms. The van der Waals surface area contributed by atoms with Gasteiger partial charge in [-0.05, 0) is 66.6 Å². The highest BCUT2D eigenvalue weighted by Gasteiger charge is 2.01. The quantitative estimate of drug-likeness (QED) is 0.472. The normalized spacial score (nSPS) is 10.7. The van der Waals surface area contributed by atoms with E-state index in [1.807, 2.05) is 24.3 Å². The van der Waals surface area contributed by atoms with Crippen molar-refractivity contribution < 1.29 is 14.6 Å². The molecule has 0 heterocycles. The summed E-state index contributed by atoms with van der Waals surface area (Å²) in [6.07, 6.45) is 1.69. The Labute approximate surface area is 157 Å². The molecule has 0 aliphatic carbocycles. The molecule has 5 nitrogen and oxygen atoms in total. The zero-order valence-electron chi connectivity index (χ0n) is 14.9. The van der Waals surface area contributed by atoms with Gasteiger partial charge in [-0.2, -0.15) is 5.10 Å². The van der Waals surface area contributed by atoms with Gasteiger partial charge in [0.15, 0.2) is 0 Å². The molecule has 0 radical (unpaired) electrons. The van der Waals surface area contributed by atoms with Crippen molar-refractivity contribution >= 4 is 17.9 Å². The molecule has 0 spiro atoms. The van der Waals surface area contributed by atoms with Crippen LogP contribution in [-0.2, 0) is 6.61 Å². The molecule has 3 aromatic carbocycles. The Hall–Kier alpha value is -3.60. The molecule has 0 atom stereocenters. The van der Waals surface area contributed by atoms with Crippen LogP contribution in [0.1, 0.15) is 27.0 Å². The first kappa shape index (κ1) is 18.2. The molecule has 0 saturated carbocycles. The van der Waals surface area contributed by atoms with Crippen molar-refractivity contribution in [3.63, 3.8) is 0 Å². The number of carboxylic acid groups (broad SMARTS) is 1. The Morgan fingerprint density at radius 3 is 2.30 bits per heavy atom. The first-order valence-corrected chi connectivity index (χ1v) is 8.51. The number of benzene rings is 3. The van der Waals surface area contributed by atoms with Gasteiger partial charge in [0.1, 0.15) is 12.4 Å². The van der Waals surface area contributed by atoms with Crippen LogP contribution in [-0.4, -0.2) is 17.3 Å². The van der Waals surface area contributed by atoms with Gasteiger partial charge < -0.3 is 9.84 Å². The van der Waals surface area contributed by atoms with Crippen molar-refractivity contribution in [1.82, 2.24) is 0 Å². The fraction of sp³-hybridized carbons (Fsp3) is 0.0909. The number of aromatic carboxylic acids is 1. The number of hydrogen-bond acceptors (Lipinski definition) is 4. The second-order valence-electron chi connectivity index (χ2n) is 6.10. The van der Waals surface area contributed by atoms with E-state index in [0.717, 1.165) is 16.9 Å². The maximum absolute atomic E-state index is 10.8. The van der Waals surface area contributed by atoms with Crippen LogP contribution in [0.25, 0.3) is 0 Å². The molecule has 5 heteroatoms. The summed E-state index contributed by atoms with van der Waals surface area (Å²) < 4.78 is 5.78. The van der Waals surface area contributed by atoms with Crippen LogP contribution in [0.3, 0.4) is 0 Å². The first-order chi connectivity index (χ1) is 13.1. The number of hydrogen-bond donors (Lipinski definition) is 2. The largest absolute Gasteiger partial charge is 0.489 e. The highest BCUT2D eigenvalue weighted by atomic mass is 16.5. The average molecular weight is 360 g/mol. The second kappa shape index (κ2) is 8.67. The number of ether oxygens (including phenoxy) is 1. The van der Waals surface area contributed by atoms with Crippen molar-refractivity contribution in [3.8, 4) is 5.75 Å². The molecular weight excluding hydrogens is 340 g/mol. The van der Waals surface area contributed by atoms with E-state index in [0.29, 0.717) is 12.3 Å². The number of aryl methyl sites for hydroxylation is 1. The minimum Gasteiger partial charge on any atom is -0.489 e. The smallest absolute Gasteiger partial charge is 0.335 e. The first-order valence-electron chi connectivity index (χ1n) is 8.51. The molecule has 0 aromatic heterocycles. The number of anilines is 1. The number of nitrogens with one attached hydrogen (secondary N) is 1. The van der Waals surface area contributed by atoms with Gasteiger partial charge >= 0.3 is 5.97 Å². The number of rotatable bonds is 7. The standard InChI is InChI=1S/C22H20N2O3/c1-16-2-4-18(5-3-16)15-27-21-12-6-17(7-13-21)14-23-24-20-10-8-19(9-11-20)22(25)26/h2-14,24H,15H2,1H3,(H,25,26)/b23-14+. The zero-order valence-corrected chi connectivity index (χ0v) is 14.9. The lowest BCUT2D eigenvalue weighted by molar-refractivity contribution is 0.0697. The minimum atomic E-state index is -0.949. The van der Waals surface area contributed by atoms with E-state index in [9.17, 15) is 4.79 Å². The van der Waals surface area contributed by atoms with E-state index in [2.05, 4.69) is 41.7 Å². The van der Waals surface area contributed by atoms with E-state index in [1.165, 1.54) is 17.7 Å². The van der Waals surface area contributed by atoms with Crippen molar-refractivity contribution in [2.45, 2.75) is 13.5 Å². The average Bonchev–Trinajstić information content (AvgIpc) is 2.69. The second-order valence-corrected chi connectivity index (χ2v) is 6.10. The molecule has 3 rings (SSSR count). The Morgan fingerprint density at radius 1 is 1.00 bits per heavy atom. The SMILES string of the molecule is Cc1ccc(COc2ccc(/C=N/Nc3ccc(C(=O)O)cc3)cc2)cc1. The number of carboxylic acids is 1. The molecule has 2 N–H and O–H groups in total. The molecule has 0 unspecified atom stereocenters. The molecule has 0 aliphatic rings. The predicted octanol–water partition coefficient (Wildman–Crippen LogP) is 4.72. The predicted molar refractivity (Wildman–Crippen MR) is 107 cm³/mol. The van der Waals surface area contributed by atoms with Crippen LogP contribution in [0.4, 0.5) is 5.69 Å². The topological polar surface area (TPSA) is 70.9 Å². The number of hydrazone groups is 1. The maximum atomic E-state index is 10.8. The lowest BCUT2D eigenvalue weighted by Crippen LogP contribution is -1.97. The Balaban J connectivity index is 1.51. The fourth-order valence-electron chi connectivity index (χ4n) is 2.37. The highest BCUT2D eigenvalue weighted by Crippen LogP contribution is 2.14. The van der Waals surface area contributed by atoms with E-state index in [-0.39, 0.29) is 5.56 Å². The van der Waals surface area contributed by atoms with Gasteiger partial charge in [-0.3, -0.25) is 5.43 Å². The van der Waals surface area contributed by atoms with E-state index in [1.54, 1.807) is 18.3 Å². The van der Waals surface area contributed by atoms with Crippen molar-refractivity contribution in [1.29, 1.82) is 0 Å². The van der Waals surface area contributed by atoms with Crippen LogP contribution in [0, 0.1) is 6.92 Å². The summed E-state index contributed by atoms with van der Waals surface area (Å²) in [4.78, 5) is 10.8. The summed E-state index contributed by atoms with van der Waals surface area (Å²) in [7, 11) is 0. The van der Waals surface area contributed by atoms with Crippen molar-refractivity contribution in [3.05, 3.63) is 95.1 Å². The van der Waals surface area contributed by atoms with Gasteiger partial charge in [-0.1, -0.05) is 29.8 Å². The van der Waals surface area contributed by atoms with Gasteiger partial charge in [0.25, 0.3) is 0 Å². The van der Waals surface area contributed by atoms with Gasteiger partial charge in [-0.15, -0.1) is 0 Å². The van der Waals surface area contributed by atoms with Crippen LogP contribution >= 0.6 is 0 Å². The molecule has 0 fully saturated rings. The van der Waals surface area contributed by atoms with Crippen LogP contribution < -0.4 is 10.2 Å². The van der Waals surface area contributed by atoms with E-state index < -0.39 is 5.97 Å². The molecule has 0 saturated heterocycles. The summed E-state index contributed by atoms with van der Waals surface area (Å²) in [5.74, 6) is -0.153. The summed E-state index contributed by atoms with van der Waals surface area (Å²) in [5, 5.41) is 13.0. The maximum Gasteiger partial charge on any atom is 0.335 e. The third kappa shape index (κ3) is 5.44. The Kier molecular flexibility index (Phi) is 5.84.